The quantitative estimate of drug-likeness (QED) is 0.374. The summed E-state index contributed by atoms with van der Waals surface area (Å²) in [5, 5.41) is 22.4. The lowest BCUT2D eigenvalue weighted by Crippen LogP contribution is -2.24. The molecule has 10 nitrogen and oxygen atoms in total. The summed E-state index contributed by atoms with van der Waals surface area (Å²) in [5.74, 6) is -1.01. The molecule has 0 atom stereocenters. The van der Waals surface area contributed by atoms with E-state index in [1.54, 1.807) is 6.92 Å². The van der Waals surface area contributed by atoms with E-state index in [9.17, 15) is 19.7 Å². The van der Waals surface area contributed by atoms with Crippen molar-refractivity contribution in [1.82, 2.24) is 9.55 Å². The van der Waals surface area contributed by atoms with Gasteiger partial charge in [0.1, 0.15) is 6.54 Å². The SMILES string of the molecule is Cc1nc(NC(=O)Cn2c(=O)oc3cc([N+](=O)[O-])ccc32)sc1SCC#N. The number of carbonyl (C=O) groups is 1. The van der Waals surface area contributed by atoms with Gasteiger partial charge in [-0.1, -0.05) is 23.1 Å². The van der Waals surface area contributed by atoms with E-state index in [1.165, 1.54) is 35.2 Å². The molecule has 0 unspecified atom stereocenters. The van der Waals surface area contributed by atoms with Crippen LogP contribution in [0.2, 0.25) is 0 Å². The van der Waals surface area contributed by atoms with Crippen LogP contribution in [0.15, 0.2) is 31.6 Å². The van der Waals surface area contributed by atoms with E-state index in [4.69, 9.17) is 9.68 Å². The number of aryl methyl sites for hydroxylation is 1. The van der Waals surface area contributed by atoms with Crippen molar-refractivity contribution in [1.29, 1.82) is 5.26 Å². The zero-order valence-electron chi connectivity index (χ0n) is 13.8. The highest BCUT2D eigenvalue weighted by molar-refractivity contribution is 8.01. The second-order valence-electron chi connectivity index (χ2n) is 5.25. The van der Waals surface area contributed by atoms with Crippen LogP contribution in [-0.4, -0.2) is 26.1 Å². The second-order valence-corrected chi connectivity index (χ2v) is 7.49. The van der Waals surface area contributed by atoms with E-state index in [1.807, 2.05) is 6.07 Å². The van der Waals surface area contributed by atoms with Crippen LogP contribution in [0.5, 0.6) is 0 Å². The average molecular weight is 405 g/mol. The lowest BCUT2D eigenvalue weighted by Gasteiger charge is -2.02. The molecule has 1 aromatic carbocycles. The summed E-state index contributed by atoms with van der Waals surface area (Å²) in [5.41, 5.74) is 0.797. The molecule has 0 fully saturated rings. The van der Waals surface area contributed by atoms with Gasteiger partial charge in [0.2, 0.25) is 5.91 Å². The molecule has 0 aliphatic heterocycles. The number of thiazole rings is 1. The Morgan fingerprint density at radius 2 is 2.33 bits per heavy atom. The van der Waals surface area contributed by atoms with Crippen LogP contribution in [0.3, 0.4) is 0 Å². The highest BCUT2D eigenvalue weighted by Gasteiger charge is 2.17. The van der Waals surface area contributed by atoms with Crippen molar-refractivity contribution in [2.75, 3.05) is 11.1 Å². The predicted molar refractivity (Wildman–Crippen MR) is 98.9 cm³/mol. The van der Waals surface area contributed by atoms with E-state index < -0.39 is 16.6 Å². The number of nitriles is 1. The predicted octanol–water partition coefficient (Wildman–Crippen LogP) is 2.52. The lowest BCUT2D eigenvalue weighted by molar-refractivity contribution is -0.384. The molecule has 0 aliphatic rings. The molecular formula is C15H11N5O5S2. The summed E-state index contributed by atoms with van der Waals surface area (Å²) < 4.78 is 6.89. The van der Waals surface area contributed by atoms with Gasteiger partial charge in [0, 0.05) is 6.07 Å². The number of nitro benzene ring substituents is 1. The van der Waals surface area contributed by atoms with Crippen molar-refractivity contribution in [3.63, 3.8) is 0 Å². The molecule has 0 aliphatic carbocycles. The number of amides is 1. The number of anilines is 1. The normalized spacial score (nSPS) is 10.7. The van der Waals surface area contributed by atoms with Crippen LogP contribution in [-0.2, 0) is 11.3 Å². The average Bonchev–Trinajstić information content (AvgIpc) is 3.11. The monoisotopic (exact) mass is 405 g/mol. The Hall–Kier alpha value is -3.17. The first-order valence-electron chi connectivity index (χ1n) is 7.44. The van der Waals surface area contributed by atoms with Crippen LogP contribution in [0.1, 0.15) is 5.69 Å². The minimum absolute atomic E-state index is 0.0299. The zero-order chi connectivity index (χ0) is 19.6. The zero-order valence-corrected chi connectivity index (χ0v) is 15.4. The molecule has 0 bridgehead atoms. The molecule has 0 saturated heterocycles. The van der Waals surface area contributed by atoms with E-state index in [-0.39, 0.29) is 29.1 Å². The van der Waals surface area contributed by atoms with Gasteiger partial charge in [-0.15, -0.1) is 0 Å². The number of hydrogen-bond acceptors (Lipinski definition) is 9. The molecule has 0 saturated carbocycles. The van der Waals surface area contributed by atoms with Crippen LogP contribution in [0.4, 0.5) is 10.8 Å². The van der Waals surface area contributed by atoms with Crippen molar-refractivity contribution < 1.29 is 14.1 Å². The number of rotatable bonds is 6. The van der Waals surface area contributed by atoms with E-state index >= 15 is 0 Å². The maximum Gasteiger partial charge on any atom is 0.420 e. The Morgan fingerprint density at radius 1 is 1.56 bits per heavy atom. The number of benzene rings is 1. The topological polar surface area (TPSA) is 144 Å². The molecular weight excluding hydrogens is 394 g/mol. The van der Waals surface area contributed by atoms with Crippen molar-refractivity contribution >= 4 is 50.9 Å². The number of oxazole rings is 1. The first-order valence-corrected chi connectivity index (χ1v) is 9.24. The van der Waals surface area contributed by atoms with Gasteiger partial charge in [-0.25, -0.2) is 9.78 Å². The Bertz CT molecular complexity index is 1140. The Labute approximate surface area is 159 Å². The lowest BCUT2D eigenvalue weighted by atomic mass is 10.3. The van der Waals surface area contributed by atoms with Gasteiger partial charge in [0.25, 0.3) is 5.69 Å². The summed E-state index contributed by atoms with van der Waals surface area (Å²) in [7, 11) is 0. The van der Waals surface area contributed by atoms with Gasteiger partial charge < -0.3 is 9.73 Å². The molecule has 12 heteroatoms. The van der Waals surface area contributed by atoms with Crippen LogP contribution in [0.25, 0.3) is 11.1 Å². The number of nitro groups is 1. The van der Waals surface area contributed by atoms with Crippen molar-refractivity contribution in [2.24, 2.45) is 0 Å². The fourth-order valence-corrected chi connectivity index (χ4v) is 4.10. The summed E-state index contributed by atoms with van der Waals surface area (Å²) >= 11 is 2.56. The highest BCUT2D eigenvalue weighted by atomic mass is 32.2. The Morgan fingerprint density at radius 3 is 3.04 bits per heavy atom. The van der Waals surface area contributed by atoms with Crippen molar-refractivity contribution in [3.8, 4) is 6.07 Å². The number of nitrogens with one attached hydrogen (secondary N) is 1. The largest absolute Gasteiger partial charge is 0.420 e. The van der Waals surface area contributed by atoms with E-state index in [2.05, 4.69) is 10.3 Å². The summed E-state index contributed by atoms with van der Waals surface area (Å²) in [6, 6.07) is 5.74. The molecule has 0 spiro atoms. The van der Waals surface area contributed by atoms with Gasteiger partial charge in [-0.3, -0.25) is 19.5 Å². The standard InChI is InChI=1S/C15H11N5O5S2/c1-8-13(26-5-4-16)27-14(17-8)18-12(21)7-19-10-3-2-9(20(23)24)6-11(10)25-15(19)22/h2-3,6H,5,7H2,1H3,(H,17,18,21). The van der Waals surface area contributed by atoms with Crippen LogP contribution >= 0.6 is 23.1 Å². The molecule has 1 N–H and O–H groups in total. The minimum atomic E-state index is -0.791. The maximum absolute atomic E-state index is 12.3. The minimum Gasteiger partial charge on any atom is -0.407 e. The summed E-state index contributed by atoms with van der Waals surface area (Å²) in [4.78, 5) is 38.7. The molecule has 27 heavy (non-hydrogen) atoms. The number of nitrogens with zero attached hydrogens (tertiary/aromatic N) is 4. The molecule has 138 valence electrons. The van der Waals surface area contributed by atoms with E-state index in [0.717, 1.165) is 14.8 Å². The number of carbonyl (C=O) groups excluding carboxylic acids is 1. The fourth-order valence-electron chi connectivity index (χ4n) is 2.29. The maximum atomic E-state index is 12.3. The van der Waals surface area contributed by atoms with Crippen molar-refractivity contribution in [3.05, 3.63) is 44.6 Å². The first-order chi connectivity index (χ1) is 12.9. The molecule has 0 radical (unpaired) electrons. The molecule has 3 rings (SSSR count). The molecule has 3 aromatic rings. The third kappa shape index (κ3) is 3.99. The third-order valence-electron chi connectivity index (χ3n) is 3.43. The Kier molecular flexibility index (Phi) is 5.24. The van der Waals surface area contributed by atoms with Crippen LogP contribution in [0, 0.1) is 28.4 Å². The van der Waals surface area contributed by atoms with Gasteiger partial charge in [-0.05, 0) is 13.0 Å². The number of non-ortho nitro benzene ring substituents is 1. The van der Waals surface area contributed by atoms with Gasteiger partial charge >= 0.3 is 5.76 Å². The van der Waals surface area contributed by atoms with Gasteiger partial charge in [0.15, 0.2) is 10.7 Å². The number of thioether (sulfide) groups is 1. The fraction of sp³-hybridized carbons (Fsp3) is 0.200. The number of hydrogen-bond donors (Lipinski definition) is 1. The third-order valence-corrected chi connectivity index (χ3v) is 5.73. The van der Waals surface area contributed by atoms with E-state index in [0.29, 0.717) is 10.8 Å². The number of aromatic nitrogens is 2. The smallest absolute Gasteiger partial charge is 0.407 e. The second kappa shape index (κ2) is 7.60. The highest BCUT2D eigenvalue weighted by Crippen LogP contribution is 2.31. The molecule has 1 amide bonds. The number of fused-ring (bicyclic) bond motifs is 1. The van der Waals surface area contributed by atoms with Gasteiger partial charge in [-0.2, -0.15) is 5.26 Å². The summed E-state index contributed by atoms with van der Waals surface area (Å²) in [6.07, 6.45) is 0. The van der Waals surface area contributed by atoms with Crippen LogP contribution < -0.4 is 11.1 Å². The van der Waals surface area contributed by atoms with Gasteiger partial charge in [0.05, 0.1) is 38.2 Å². The molecule has 2 heterocycles. The summed E-state index contributed by atoms with van der Waals surface area (Å²) in [6.45, 7) is 1.44. The van der Waals surface area contributed by atoms with Crippen molar-refractivity contribution in [2.45, 2.75) is 17.7 Å². The Balaban J connectivity index is 1.78. The first kappa shape index (κ1) is 18.6. The molecule has 2 aromatic heterocycles.